The van der Waals surface area contributed by atoms with Crippen molar-refractivity contribution in [1.82, 2.24) is 20.9 Å². The Balaban J connectivity index is 1.79. The second-order valence-corrected chi connectivity index (χ2v) is 9.11. The number of aliphatic carboxylic acids is 1. The van der Waals surface area contributed by atoms with E-state index in [0.29, 0.717) is 12.6 Å². The average molecular weight is 537 g/mol. The molecule has 0 radical (unpaired) electrons. The van der Waals surface area contributed by atoms with E-state index < -0.39 is 42.4 Å². The molecule has 0 bridgehead atoms. The number of carbonyl (C=O) groups is 5. The summed E-state index contributed by atoms with van der Waals surface area (Å²) in [7, 11) is 0. The van der Waals surface area contributed by atoms with Crippen LogP contribution in [0.1, 0.15) is 30.9 Å². The fraction of sp³-hybridized carbons (Fsp3) is 0.321. The number of hydrogen-bond acceptors (Lipinski definition) is 8. The zero-order chi connectivity index (χ0) is 28.5. The quantitative estimate of drug-likeness (QED) is 0.160. The third kappa shape index (κ3) is 6.95. The first-order valence-corrected chi connectivity index (χ1v) is 12.4. The van der Waals surface area contributed by atoms with E-state index in [1.54, 1.807) is 0 Å². The van der Waals surface area contributed by atoms with Crippen LogP contribution in [-0.2, 0) is 23.9 Å². The molecular formula is C28H32N4O7. The van der Waals surface area contributed by atoms with Gasteiger partial charge in [-0.05, 0) is 36.1 Å². The van der Waals surface area contributed by atoms with E-state index in [9.17, 15) is 29.1 Å². The molecule has 2 amide bonds. The lowest BCUT2D eigenvalue weighted by Crippen LogP contribution is -2.64. The Kier molecular flexibility index (Phi) is 10.1. The highest BCUT2D eigenvalue weighted by atomic mass is 16.5. The molecule has 0 heterocycles. The van der Waals surface area contributed by atoms with Gasteiger partial charge in [-0.15, -0.1) is 6.58 Å². The van der Waals surface area contributed by atoms with Gasteiger partial charge in [0.15, 0.2) is 12.3 Å². The topological polar surface area (TPSA) is 154 Å². The van der Waals surface area contributed by atoms with Crippen LogP contribution in [0.3, 0.4) is 0 Å². The molecule has 0 saturated carbocycles. The van der Waals surface area contributed by atoms with Gasteiger partial charge in [0.05, 0.1) is 12.1 Å². The standard InChI is InChI=1S/C28H32N4O7/c1-4-13-32(25(27(36)37)30-18(3)15-34)26(35)24(29-17(2)14-33)31-28(38)39-16-23-21-11-7-5-9-19(21)20-10-6-8-12-22(20)23/h4-12,14-15,17-18,23-25,29-30H,1,13,16H2,2-3H3,(H,31,38)(H,36,37)/t17-,18-,24?,25+/m0/s1. The highest BCUT2D eigenvalue weighted by Gasteiger charge is 2.36. The molecule has 1 aliphatic carbocycles. The van der Waals surface area contributed by atoms with Crippen molar-refractivity contribution in [3.8, 4) is 11.1 Å². The highest BCUT2D eigenvalue weighted by molar-refractivity contribution is 5.89. The molecule has 4 atom stereocenters. The predicted molar refractivity (Wildman–Crippen MR) is 143 cm³/mol. The number of aldehydes is 2. The monoisotopic (exact) mass is 536 g/mol. The lowest BCUT2D eigenvalue weighted by molar-refractivity contribution is -0.153. The van der Waals surface area contributed by atoms with Crippen LogP contribution >= 0.6 is 0 Å². The van der Waals surface area contributed by atoms with E-state index in [0.717, 1.165) is 27.2 Å². The van der Waals surface area contributed by atoms with Crippen molar-refractivity contribution in [2.75, 3.05) is 13.2 Å². The molecule has 0 aliphatic heterocycles. The smallest absolute Gasteiger partial charge is 0.408 e. The number of carbonyl (C=O) groups excluding carboxylic acids is 4. The number of carboxylic acid groups (broad SMARTS) is 1. The van der Waals surface area contributed by atoms with Gasteiger partial charge in [0.1, 0.15) is 19.2 Å². The van der Waals surface area contributed by atoms with Gasteiger partial charge in [-0.25, -0.2) is 9.59 Å². The summed E-state index contributed by atoms with van der Waals surface area (Å²) in [5.74, 6) is -2.53. The molecule has 1 aliphatic rings. The molecule has 11 heteroatoms. The maximum atomic E-state index is 13.5. The number of nitrogens with one attached hydrogen (secondary N) is 3. The van der Waals surface area contributed by atoms with Gasteiger partial charge in [-0.2, -0.15) is 0 Å². The number of alkyl carbamates (subject to hydrolysis) is 1. The van der Waals surface area contributed by atoms with Crippen LogP contribution in [0.25, 0.3) is 11.1 Å². The number of carboxylic acids is 1. The summed E-state index contributed by atoms with van der Waals surface area (Å²) in [4.78, 5) is 61.6. The number of nitrogens with zero attached hydrogens (tertiary/aromatic N) is 1. The summed E-state index contributed by atoms with van der Waals surface area (Å²) < 4.78 is 5.52. The molecule has 0 aromatic heterocycles. The molecule has 4 N–H and O–H groups in total. The summed E-state index contributed by atoms with van der Waals surface area (Å²) in [6.07, 6.45) is -1.76. The lowest BCUT2D eigenvalue weighted by atomic mass is 9.98. The molecular weight excluding hydrogens is 504 g/mol. The number of ether oxygens (including phenoxy) is 1. The van der Waals surface area contributed by atoms with Crippen LogP contribution < -0.4 is 16.0 Å². The molecule has 3 rings (SSSR count). The van der Waals surface area contributed by atoms with Crippen LogP contribution in [0.2, 0.25) is 0 Å². The van der Waals surface area contributed by atoms with E-state index in [-0.39, 0.29) is 19.1 Å². The van der Waals surface area contributed by atoms with Crippen molar-refractivity contribution < 1.29 is 33.8 Å². The predicted octanol–water partition coefficient (Wildman–Crippen LogP) is 1.63. The first kappa shape index (κ1) is 29.2. The summed E-state index contributed by atoms with van der Waals surface area (Å²) in [6, 6.07) is 13.9. The minimum atomic E-state index is -1.61. The Bertz CT molecular complexity index is 1190. The second-order valence-electron chi connectivity index (χ2n) is 9.11. The van der Waals surface area contributed by atoms with Crippen LogP contribution in [0.5, 0.6) is 0 Å². The van der Waals surface area contributed by atoms with E-state index in [2.05, 4.69) is 22.5 Å². The van der Waals surface area contributed by atoms with E-state index in [1.165, 1.54) is 19.9 Å². The fourth-order valence-electron chi connectivity index (χ4n) is 4.45. The van der Waals surface area contributed by atoms with Gasteiger partial charge in [-0.3, -0.25) is 20.7 Å². The average Bonchev–Trinajstić information content (AvgIpc) is 3.26. The molecule has 206 valence electrons. The van der Waals surface area contributed by atoms with Crippen molar-refractivity contribution in [1.29, 1.82) is 0 Å². The molecule has 11 nitrogen and oxygen atoms in total. The highest BCUT2D eigenvalue weighted by Crippen LogP contribution is 2.44. The van der Waals surface area contributed by atoms with Crippen molar-refractivity contribution in [2.45, 2.75) is 44.2 Å². The lowest BCUT2D eigenvalue weighted by Gasteiger charge is -2.33. The summed E-state index contributed by atoms with van der Waals surface area (Å²) >= 11 is 0. The maximum Gasteiger partial charge on any atom is 0.408 e. The number of amides is 2. The first-order chi connectivity index (χ1) is 18.7. The Hall–Kier alpha value is -4.35. The van der Waals surface area contributed by atoms with Gasteiger partial charge >= 0.3 is 12.1 Å². The molecule has 0 spiro atoms. The number of fused-ring (bicyclic) bond motifs is 3. The number of benzene rings is 2. The zero-order valence-corrected chi connectivity index (χ0v) is 21.7. The summed E-state index contributed by atoms with van der Waals surface area (Å²) in [5, 5.41) is 17.3. The van der Waals surface area contributed by atoms with Gasteiger partial charge in [0, 0.05) is 12.5 Å². The van der Waals surface area contributed by atoms with Gasteiger partial charge < -0.3 is 24.3 Å². The molecule has 2 aromatic rings. The minimum absolute atomic E-state index is 0.0173. The third-order valence-electron chi connectivity index (χ3n) is 6.27. The molecule has 1 unspecified atom stereocenters. The second kappa shape index (κ2) is 13.4. The largest absolute Gasteiger partial charge is 0.479 e. The first-order valence-electron chi connectivity index (χ1n) is 12.4. The zero-order valence-electron chi connectivity index (χ0n) is 21.7. The van der Waals surface area contributed by atoms with E-state index in [1.807, 2.05) is 48.5 Å². The SMILES string of the molecule is C=CCN(C(=O)C(NC(=O)OCC1c2ccccc2-c2ccccc21)N[C@@H](C)C=O)[C@@H](N[C@@H](C)C=O)C(=O)O. The normalized spacial score (nSPS) is 15.0. The third-order valence-corrected chi connectivity index (χ3v) is 6.27. The van der Waals surface area contributed by atoms with Crippen molar-refractivity contribution in [3.05, 3.63) is 72.3 Å². The van der Waals surface area contributed by atoms with Gasteiger partial charge in [0.25, 0.3) is 5.91 Å². The Morgan fingerprint density at radius 2 is 1.51 bits per heavy atom. The fourth-order valence-corrected chi connectivity index (χ4v) is 4.45. The molecule has 2 aromatic carbocycles. The maximum absolute atomic E-state index is 13.5. The van der Waals surface area contributed by atoms with Crippen molar-refractivity contribution in [2.24, 2.45) is 0 Å². The van der Waals surface area contributed by atoms with E-state index in [4.69, 9.17) is 4.74 Å². The van der Waals surface area contributed by atoms with Crippen LogP contribution in [0.4, 0.5) is 4.79 Å². The van der Waals surface area contributed by atoms with Crippen molar-refractivity contribution in [3.63, 3.8) is 0 Å². The summed E-state index contributed by atoms with van der Waals surface area (Å²) in [5.41, 5.74) is 4.11. The van der Waals surface area contributed by atoms with E-state index >= 15 is 0 Å². The minimum Gasteiger partial charge on any atom is -0.479 e. The molecule has 0 fully saturated rings. The van der Waals surface area contributed by atoms with Crippen molar-refractivity contribution >= 4 is 30.5 Å². The Morgan fingerprint density at radius 3 is 2.03 bits per heavy atom. The Morgan fingerprint density at radius 1 is 0.974 bits per heavy atom. The van der Waals surface area contributed by atoms with Crippen LogP contribution in [0, 0.1) is 0 Å². The molecule has 39 heavy (non-hydrogen) atoms. The number of rotatable bonds is 14. The summed E-state index contributed by atoms with van der Waals surface area (Å²) in [6.45, 7) is 6.21. The molecule has 0 saturated heterocycles. The number of hydrogen-bond donors (Lipinski definition) is 4. The van der Waals surface area contributed by atoms with Crippen LogP contribution in [-0.4, -0.2) is 78.1 Å². The van der Waals surface area contributed by atoms with Gasteiger partial charge in [0.2, 0.25) is 0 Å². The van der Waals surface area contributed by atoms with Gasteiger partial charge in [-0.1, -0.05) is 54.6 Å². The Labute approximate surface area is 226 Å². The van der Waals surface area contributed by atoms with Crippen LogP contribution in [0.15, 0.2) is 61.2 Å².